The molecule has 110 valence electrons. The van der Waals surface area contributed by atoms with Crippen LogP contribution >= 0.6 is 0 Å². The van der Waals surface area contributed by atoms with Crippen molar-refractivity contribution >= 4 is 16.8 Å². The van der Waals surface area contributed by atoms with Crippen molar-refractivity contribution in [3.63, 3.8) is 0 Å². The molecule has 1 aromatic carbocycles. The van der Waals surface area contributed by atoms with Crippen LogP contribution in [-0.4, -0.2) is 40.0 Å². The second-order valence-corrected chi connectivity index (χ2v) is 5.46. The van der Waals surface area contributed by atoms with Crippen molar-refractivity contribution in [2.45, 2.75) is 25.0 Å². The van der Waals surface area contributed by atoms with Crippen LogP contribution < -0.4 is 5.73 Å². The number of nitrogens with zero attached hydrogens (tertiary/aromatic N) is 2. The Hall–Kier alpha value is -1.98. The number of carbonyl (C=O) groups excluding carboxylic acids is 1. The molecule has 1 saturated heterocycles. The highest BCUT2D eigenvalue weighted by atomic mass is 16.3. The average molecular weight is 285 g/mol. The second kappa shape index (κ2) is 5.79. The second-order valence-electron chi connectivity index (χ2n) is 5.46. The van der Waals surface area contributed by atoms with E-state index >= 15 is 0 Å². The van der Waals surface area contributed by atoms with E-state index < -0.39 is 12.1 Å². The number of likely N-dealkylation sites (tertiary alicyclic amines) is 1. The van der Waals surface area contributed by atoms with Gasteiger partial charge in [-0.1, -0.05) is 18.2 Å². The first kappa shape index (κ1) is 14.0. The molecule has 0 radical (unpaired) electrons. The van der Waals surface area contributed by atoms with Gasteiger partial charge in [-0.05, 0) is 25.0 Å². The van der Waals surface area contributed by atoms with Crippen molar-refractivity contribution < 1.29 is 9.90 Å². The van der Waals surface area contributed by atoms with E-state index in [2.05, 4.69) is 4.98 Å². The molecule has 0 aliphatic carbocycles. The zero-order chi connectivity index (χ0) is 14.8. The molecule has 3 rings (SSSR count). The van der Waals surface area contributed by atoms with E-state index in [0.717, 1.165) is 36.8 Å². The van der Waals surface area contributed by atoms with Crippen LogP contribution in [0.3, 0.4) is 0 Å². The highest BCUT2D eigenvalue weighted by Gasteiger charge is 2.30. The Balaban J connectivity index is 1.81. The number of fused-ring (bicyclic) bond motifs is 1. The lowest BCUT2D eigenvalue weighted by Crippen LogP contribution is -2.45. The maximum Gasteiger partial charge on any atom is 0.242 e. The molecule has 0 spiro atoms. The monoisotopic (exact) mass is 285 g/mol. The number of pyridine rings is 1. The molecule has 2 aromatic rings. The van der Waals surface area contributed by atoms with Crippen molar-refractivity contribution in [3.8, 4) is 0 Å². The molecule has 0 bridgehead atoms. The van der Waals surface area contributed by atoms with Crippen LogP contribution in [0.4, 0.5) is 0 Å². The maximum absolute atomic E-state index is 12.2. The quantitative estimate of drug-likeness (QED) is 0.888. The summed E-state index contributed by atoms with van der Waals surface area (Å²) < 4.78 is 0. The van der Waals surface area contributed by atoms with E-state index in [1.54, 1.807) is 11.1 Å². The summed E-state index contributed by atoms with van der Waals surface area (Å²) in [6.45, 7) is 1.46. The molecule has 1 amide bonds. The Morgan fingerprint density at radius 1 is 1.29 bits per heavy atom. The van der Waals surface area contributed by atoms with E-state index in [9.17, 15) is 9.90 Å². The molecule has 1 aliphatic rings. The number of hydrogen-bond acceptors (Lipinski definition) is 4. The molecule has 2 atom stereocenters. The normalized spacial score (nSPS) is 17.9. The Bertz CT molecular complexity index is 653. The number of aliphatic hydroxyl groups excluding tert-OH is 1. The van der Waals surface area contributed by atoms with Gasteiger partial charge in [0.1, 0.15) is 12.1 Å². The van der Waals surface area contributed by atoms with Crippen molar-refractivity contribution in [2.75, 3.05) is 13.1 Å². The number of rotatable bonds is 3. The largest absolute Gasteiger partial charge is 0.386 e. The summed E-state index contributed by atoms with van der Waals surface area (Å²) in [5.74, 6) is -0.187. The number of hydrogen-bond donors (Lipinski definition) is 2. The average Bonchev–Trinajstić information content (AvgIpc) is 3.06. The minimum atomic E-state index is -1.03. The molecule has 2 unspecified atom stereocenters. The van der Waals surface area contributed by atoms with E-state index in [-0.39, 0.29) is 5.91 Å². The van der Waals surface area contributed by atoms with Gasteiger partial charge in [0.05, 0.1) is 5.52 Å². The van der Waals surface area contributed by atoms with Gasteiger partial charge < -0.3 is 15.7 Å². The first-order valence-corrected chi connectivity index (χ1v) is 7.24. The van der Waals surface area contributed by atoms with Crippen LogP contribution in [0, 0.1) is 0 Å². The summed E-state index contributed by atoms with van der Waals surface area (Å²) in [7, 11) is 0. The zero-order valence-corrected chi connectivity index (χ0v) is 11.8. The minimum absolute atomic E-state index is 0.187. The van der Waals surface area contributed by atoms with Crippen LogP contribution in [0.2, 0.25) is 0 Å². The topological polar surface area (TPSA) is 79.5 Å². The number of amides is 1. The van der Waals surface area contributed by atoms with Gasteiger partial charge in [-0.15, -0.1) is 0 Å². The lowest BCUT2D eigenvalue weighted by molar-refractivity contribution is -0.134. The Kier molecular flexibility index (Phi) is 3.86. The summed E-state index contributed by atoms with van der Waals surface area (Å²) in [6, 6.07) is 8.55. The Morgan fingerprint density at radius 3 is 2.76 bits per heavy atom. The molecular formula is C16H19N3O2. The summed E-state index contributed by atoms with van der Waals surface area (Å²) >= 11 is 0. The summed E-state index contributed by atoms with van der Waals surface area (Å²) in [6.07, 6.45) is 2.57. The lowest BCUT2D eigenvalue weighted by atomic mass is 10.0. The standard InChI is InChI=1S/C16H19N3O2/c17-14(16(21)19-7-3-4-8-19)15(20)12-9-11-5-1-2-6-13(11)18-10-12/h1-2,5-6,9-10,14-15,20H,3-4,7-8,17H2. The maximum atomic E-state index is 12.2. The summed E-state index contributed by atoms with van der Waals surface area (Å²) in [5.41, 5.74) is 7.38. The molecular weight excluding hydrogens is 266 g/mol. The van der Waals surface area contributed by atoms with Crippen LogP contribution in [0.5, 0.6) is 0 Å². The SMILES string of the molecule is NC(C(=O)N1CCCC1)C(O)c1cnc2ccccc2c1. The molecule has 1 aliphatic heterocycles. The molecule has 0 saturated carbocycles. The third-order valence-electron chi connectivity index (χ3n) is 4.00. The van der Waals surface area contributed by atoms with Gasteiger partial charge in [0.25, 0.3) is 0 Å². The van der Waals surface area contributed by atoms with Gasteiger partial charge in [0, 0.05) is 30.2 Å². The van der Waals surface area contributed by atoms with Gasteiger partial charge in [-0.3, -0.25) is 9.78 Å². The number of aromatic nitrogens is 1. The molecule has 5 nitrogen and oxygen atoms in total. The Labute approximate surface area is 123 Å². The van der Waals surface area contributed by atoms with E-state index in [1.807, 2.05) is 30.3 Å². The van der Waals surface area contributed by atoms with E-state index in [1.165, 1.54) is 0 Å². The fourth-order valence-corrected chi connectivity index (χ4v) is 2.74. The lowest BCUT2D eigenvalue weighted by Gasteiger charge is -2.24. The van der Waals surface area contributed by atoms with Crippen molar-refractivity contribution in [1.82, 2.24) is 9.88 Å². The van der Waals surface area contributed by atoms with Gasteiger partial charge >= 0.3 is 0 Å². The predicted octanol–water partition coefficient (Wildman–Crippen LogP) is 1.22. The van der Waals surface area contributed by atoms with Crippen LogP contribution in [0.1, 0.15) is 24.5 Å². The molecule has 3 N–H and O–H groups in total. The van der Waals surface area contributed by atoms with Gasteiger partial charge in [0.2, 0.25) is 5.91 Å². The minimum Gasteiger partial charge on any atom is -0.386 e. The third kappa shape index (κ3) is 2.75. The van der Waals surface area contributed by atoms with Gasteiger partial charge in [0.15, 0.2) is 0 Å². The first-order chi connectivity index (χ1) is 10.2. The first-order valence-electron chi connectivity index (χ1n) is 7.24. The highest BCUT2D eigenvalue weighted by Crippen LogP contribution is 2.21. The predicted molar refractivity (Wildman–Crippen MR) is 80.5 cm³/mol. The van der Waals surface area contributed by atoms with E-state index in [0.29, 0.717) is 5.56 Å². The molecule has 2 heterocycles. The highest BCUT2D eigenvalue weighted by molar-refractivity contribution is 5.83. The van der Waals surface area contributed by atoms with Crippen molar-refractivity contribution in [3.05, 3.63) is 42.1 Å². The molecule has 5 heteroatoms. The molecule has 21 heavy (non-hydrogen) atoms. The third-order valence-corrected chi connectivity index (χ3v) is 4.00. The summed E-state index contributed by atoms with van der Waals surface area (Å²) in [4.78, 5) is 18.3. The van der Waals surface area contributed by atoms with Crippen molar-refractivity contribution in [1.29, 1.82) is 0 Å². The smallest absolute Gasteiger partial charge is 0.242 e. The van der Waals surface area contributed by atoms with Crippen LogP contribution in [0.15, 0.2) is 36.5 Å². The van der Waals surface area contributed by atoms with Crippen LogP contribution in [-0.2, 0) is 4.79 Å². The summed E-state index contributed by atoms with van der Waals surface area (Å²) in [5, 5.41) is 11.3. The fourth-order valence-electron chi connectivity index (χ4n) is 2.74. The fraction of sp³-hybridized carbons (Fsp3) is 0.375. The number of aliphatic hydroxyl groups is 1. The number of nitrogens with two attached hydrogens (primary N) is 1. The molecule has 1 fully saturated rings. The molecule has 1 aromatic heterocycles. The van der Waals surface area contributed by atoms with Crippen molar-refractivity contribution in [2.24, 2.45) is 5.73 Å². The van der Waals surface area contributed by atoms with Gasteiger partial charge in [-0.2, -0.15) is 0 Å². The van der Waals surface area contributed by atoms with Crippen LogP contribution in [0.25, 0.3) is 10.9 Å². The number of para-hydroxylation sites is 1. The van der Waals surface area contributed by atoms with Gasteiger partial charge in [-0.25, -0.2) is 0 Å². The Morgan fingerprint density at radius 2 is 2.00 bits per heavy atom. The van der Waals surface area contributed by atoms with E-state index in [4.69, 9.17) is 5.73 Å². The number of benzene rings is 1. The number of carbonyl (C=O) groups is 1. The zero-order valence-electron chi connectivity index (χ0n) is 11.8.